The van der Waals surface area contributed by atoms with E-state index >= 15 is 0 Å². The SMILES string of the molecule is COc1cccc(COc2c(-c3ccc(OCCCCc4cn(CCOCCOCCOc5ccc(-c6cc(=O)c7ccccc7o6)cc5)nn4)cc3)oc3ccccc3c2=O)c1. The van der Waals surface area contributed by atoms with Crippen molar-refractivity contribution in [2.45, 2.75) is 32.4 Å². The number of rotatable bonds is 22. The van der Waals surface area contributed by atoms with Crippen LogP contribution in [-0.2, 0) is 29.0 Å². The van der Waals surface area contributed by atoms with Crippen LogP contribution in [0, 0.1) is 0 Å². The summed E-state index contributed by atoms with van der Waals surface area (Å²) in [5.41, 5.74) is 4.01. The Kier molecular flexibility index (Phi) is 14.2. The van der Waals surface area contributed by atoms with E-state index < -0.39 is 0 Å². The minimum atomic E-state index is -0.234. The molecule has 13 nitrogen and oxygen atoms in total. The molecule has 13 heteroatoms. The average molecular weight is 850 g/mol. The molecular formula is C50H47N3O10. The molecule has 322 valence electrons. The van der Waals surface area contributed by atoms with E-state index in [0.717, 1.165) is 36.1 Å². The third-order valence-corrected chi connectivity index (χ3v) is 10.2. The highest BCUT2D eigenvalue weighted by Crippen LogP contribution is 2.33. The smallest absolute Gasteiger partial charge is 0.235 e. The summed E-state index contributed by atoms with van der Waals surface area (Å²) in [6.45, 7) is 3.51. The average Bonchev–Trinajstić information content (AvgIpc) is 3.78. The molecule has 3 heterocycles. The maximum Gasteiger partial charge on any atom is 0.235 e. The summed E-state index contributed by atoms with van der Waals surface area (Å²) in [5, 5.41) is 9.55. The van der Waals surface area contributed by atoms with Gasteiger partial charge in [-0.1, -0.05) is 41.6 Å². The molecule has 0 aliphatic rings. The molecule has 8 rings (SSSR count). The summed E-state index contributed by atoms with van der Waals surface area (Å²) in [5.74, 6) is 3.14. The Morgan fingerprint density at radius 3 is 2.06 bits per heavy atom. The van der Waals surface area contributed by atoms with Gasteiger partial charge in [-0.25, -0.2) is 4.68 Å². The third-order valence-electron chi connectivity index (χ3n) is 10.2. The Morgan fingerprint density at radius 1 is 0.603 bits per heavy atom. The molecule has 0 N–H and O–H groups in total. The van der Waals surface area contributed by atoms with Gasteiger partial charge in [-0.05, 0) is 110 Å². The van der Waals surface area contributed by atoms with Crippen molar-refractivity contribution < 1.29 is 37.3 Å². The van der Waals surface area contributed by atoms with Crippen LogP contribution in [0.15, 0.2) is 152 Å². The van der Waals surface area contributed by atoms with Crippen LogP contribution in [0.3, 0.4) is 0 Å². The molecule has 0 unspecified atom stereocenters. The highest BCUT2D eigenvalue weighted by Gasteiger charge is 2.18. The minimum Gasteiger partial charge on any atom is -0.497 e. The van der Waals surface area contributed by atoms with Crippen LogP contribution in [0.1, 0.15) is 24.1 Å². The minimum absolute atomic E-state index is 0.0743. The molecule has 0 fully saturated rings. The van der Waals surface area contributed by atoms with Gasteiger partial charge in [-0.15, -0.1) is 5.10 Å². The van der Waals surface area contributed by atoms with Gasteiger partial charge < -0.3 is 37.3 Å². The summed E-state index contributed by atoms with van der Waals surface area (Å²) < 4.78 is 48.6. The van der Waals surface area contributed by atoms with Gasteiger partial charge in [0.2, 0.25) is 11.2 Å². The first-order valence-corrected chi connectivity index (χ1v) is 20.9. The number of hydrogen-bond donors (Lipinski definition) is 0. The first kappa shape index (κ1) is 42.5. The van der Waals surface area contributed by atoms with Crippen molar-refractivity contribution >= 4 is 21.9 Å². The Balaban J connectivity index is 0.700. The van der Waals surface area contributed by atoms with Crippen molar-refractivity contribution in [1.82, 2.24) is 15.0 Å². The van der Waals surface area contributed by atoms with E-state index in [9.17, 15) is 9.59 Å². The highest BCUT2D eigenvalue weighted by atomic mass is 16.5. The third kappa shape index (κ3) is 11.2. The van der Waals surface area contributed by atoms with E-state index in [2.05, 4.69) is 10.3 Å². The molecule has 8 aromatic rings. The van der Waals surface area contributed by atoms with Gasteiger partial charge in [0.05, 0.1) is 63.2 Å². The predicted octanol–water partition coefficient (Wildman–Crippen LogP) is 8.93. The lowest BCUT2D eigenvalue weighted by Crippen LogP contribution is -2.13. The zero-order chi connectivity index (χ0) is 43.2. The van der Waals surface area contributed by atoms with Crippen LogP contribution < -0.4 is 29.8 Å². The van der Waals surface area contributed by atoms with Crippen molar-refractivity contribution in [3.8, 4) is 45.6 Å². The second-order valence-corrected chi connectivity index (χ2v) is 14.6. The van der Waals surface area contributed by atoms with E-state index in [1.54, 1.807) is 42.1 Å². The molecule has 0 spiro atoms. The molecule has 63 heavy (non-hydrogen) atoms. The number of aryl methyl sites for hydroxylation is 1. The number of para-hydroxylation sites is 2. The Labute approximate surface area is 363 Å². The molecule has 0 amide bonds. The number of fused-ring (bicyclic) bond motifs is 2. The van der Waals surface area contributed by atoms with E-state index in [-0.39, 0.29) is 23.2 Å². The summed E-state index contributed by atoms with van der Waals surface area (Å²) in [4.78, 5) is 26.0. The van der Waals surface area contributed by atoms with Crippen LogP contribution in [0.4, 0.5) is 0 Å². The van der Waals surface area contributed by atoms with Crippen LogP contribution in [0.5, 0.6) is 23.0 Å². The second-order valence-electron chi connectivity index (χ2n) is 14.6. The van der Waals surface area contributed by atoms with Crippen molar-refractivity contribution in [3.05, 3.63) is 165 Å². The lowest BCUT2D eigenvalue weighted by atomic mass is 10.1. The topological polar surface area (TPSA) is 147 Å². The van der Waals surface area contributed by atoms with Gasteiger partial charge in [0.1, 0.15) is 47.4 Å². The van der Waals surface area contributed by atoms with Gasteiger partial charge in [0, 0.05) is 23.4 Å². The number of aromatic nitrogens is 3. The van der Waals surface area contributed by atoms with Crippen LogP contribution in [0.25, 0.3) is 44.6 Å². The summed E-state index contributed by atoms with van der Waals surface area (Å²) in [7, 11) is 1.61. The number of methoxy groups -OCH3 is 1. The van der Waals surface area contributed by atoms with Crippen molar-refractivity contribution in [2.24, 2.45) is 0 Å². The molecular weight excluding hydrogens is 803 g/mol. The molecule has 0 bridgehead atoms. The fourth-order valence-corrected chi connectivity index (χ4v) is 6.89. The molecule has 3 aromatic heterocycles. The normalized spacial score (nSPS) is 11.3. The molecule has 5 aromatic carbocycles. The maximum atomic E-state index is 13.6. The molecule has 0 aliphatic heterocycles. The predicted molar refractivity (Wildman–Crippen MR) is 239 cm³/mol. The zero-order valence-electron chi connectivity index (χ0n) is 34.9. The van der Waals surface area contributed by atoms with E-state index in [1.165, 1.54) is 6.07 Å². The molecule has 0 radical (unpaired) electrons. The zero-order valence-corrected chi connectivity index (χ0v) is 34.9. The molecule has 0 saturated heterocycles. The number of hydrogen-bond acceptors (Lipinski definition) is 12. The van der Waals surface area contributed by atoms with E-state index in [4.69, 9.17) is 37.3 Å². The van der Waals surface area contributed by atoms with Gasteiger partial charge in [0.25, 0.3) is 0 Å². The molecule has 0 atom stereocenters. The van der Waals surface area contributed by atoms with Gasteiger partial charge in [-0.3, -0.25) is 9.59 Å². The lowest BCUT2D eigenvalue weighted by molar-refractivity contribution is 0.0333. The largest absolute Gasteiger partial charge is 0.497 e. The fraction of sp³-hybridized carbons (Fsp3) is 0.240. The first-order valence-electron chi connectivity index (χ1n) is 20.9. The van der Waals surface area contributed by atoms with E-state index in [1.807, 2.05) is 97.2 Å². The number of unbranched alkanes of at least 4 members (excludes halogenated alkanes) is 1. The molecule has 0 saturated carbocycles. The Bertz CT molecular complexity index is 2850. The quantitative estimate of drug-likeness (QED) is 0.0600. The Morgan fingerprint density at radius 2 is 1.29 bits per heavy atom. The van der Waals surface area contributed by atoms with Gasteiger partial charge in [-0.2, -0.15) is 0 Å². The summed E-state index contributed by atoms with van der Waals surface area (Å²) in [6.07, 6.45) is 4.45. The summed E-state index contributed by atoms with van der Waals surface area (Å²) >= 11 is 0. The molecule has 0 aliphatic carbocycles. The second kappa shape index (κ2) is 21.0. The monoisotopic (exact) mass is 849 g/mol. The number of nitrogens with zero attached hydrogens (tertiary/aromatic N) is 3. The fourth-order valence-electron chi connectivity index (χ4n) is 6.89. The first-order chi connectivity index (χ1) is 31.0. The van der Waals surface area contributed by atoms with Crippen molar-refractivity contribution in [2.75, 3.05) is 46.8 Å². The number of benzene rings is 5. The number of ether oxygens (including phenoxy) is 6. The maximum absolute atomic E-state index is 13.6. The van der Waals surface area contributed by atoms with Crippen molar-refractivity contribution in [1.29, 1.82) is 0 Å². The van der Waals surface area contributed by atoms with Gasteiger partial charge in [0.15, 0.2) is 11.2 Å². The highest BCUT2D eigenvalue weighted by molar-refractivity contribution is 5.82. The van der Waals surface area contributed by atoms with Crippen LogP contribution in [0.2, 0.25) is 0 Å². The van der Waals surface area contributed by atoms with Crippen LogP contribution in [-0.4, -0.2) is 61.7 Å². The van der Waals surface area contributed by atoms with Gasteiger partial charge >= 0.3 is 0 Å². The van der Waals surface area contributed by atoms with Crippen molar-refractivity contribution in [3.63, 3.8) is 0 Å². The summed E-state index contributed by atoms with van der Waals surface area (Å²) in [6, 6.07) is 38.3. The van der Waals surface area contributed by atoms with E-state index in [0.29, 0.717) is 102 Å². The van der Waals surface area contributed by atoms with Crippen LogP contribution >= 0.6 is 0 Å². The Hall–Kier alpha value is -7.22. The lowest BCUT2D eigenvalue weighted by Gasteiger charge is -2.13. The standard InChI is InChI=1S/C50H47N3O10/c1-56-41-11-8-9-35(31-41)34-61-50-48(55)43-13-3-5-15-46(43)63-49(50)37-18-22-39(23-19-37)59-25-7-6-10-38-33-53(52-51-38)24-26-57-27-28-58-29-30-60-40-20-16-36(17-21-40)47-32-44(54)42-12-2-4-14-45(42)62-47/h2-5,8-9,11-23,31-33H,6-7,10,24-30,34H2,1H3.